The Bertz CT molecular complexity index is 419. The van der Waals surface area contributed by atoms with Crippen molar-refractivity contribution in [3.63, 3.8) is 0 Å². The van der Waals surface area contributed by atoms with Crippen molar-refractivity contribution in [2.24, 2.45) is 0 Å². The van der Waals surface area contributed by atoms with Crippen LogP contribution in [-0.2, 0) is 17.8 Å². The van der Waals surface area contributed by atoms with E-state index in [1.54, 1.807) is 0 Å². The number of nitrogens with zero attached hydrogens (tertiary/aromatic N) is 2. The van der Waals surface area contributed by atoms with Gasteiger partial charge < -0.3 is 10.2 Å². The second kappa shape index (κ2) is 7.03. The number of thiophene rings is 1. The molecule has 0 atom stereocenters. The molecule has 0 aliphatic carbocycles. The molecule has 1 aliphatic heterocycles. The van der Waals surface area contributed by atoms with Crippen LogP contribution in [0.15, 0.2) is 11.4 Å². The molecule has 0 radical (unpaired) electrons. The first-order valence-corrected chi connectivity index (χ1v) is 7.75. The molecule has 0 aromatic carbocycles. The highest BCUT2D eigenvalue weighted by Crippen LogP contribution is 2.23. The minimum Gasteiger partial charge on any atom is -0.337 e. The molecule has 2 rings (SSSR count). The van der Waals surface area contributed by atoms with Gasteiger partial charge in [-0.3, -0.25) is 9.69 Å². The largest absolute Gasteiger partial charge is 0.337 e. The molecular formula is C14H23N3OS. The number of hydrogen-bond donors (Lipinski definition) is 1. The van der Waals surface area contributed by atoms with Crippen molar-refractivity contribution in [2.75, 3.05) is 40.3 Å². The Morgan fingerprint density at radius 3 is 3.21 bits per heavy atom. The first-order valence-electron chi connectivity index (χ1n) is 6.87. The lowest BCUT2D eigenvalue weighted by molar-refractivity contribution is -0.133. The van der Waals surface area contributed by atoms with E-state index >= 15 is 0 Å². The second-order valence-electron chi connectivity index (χ2n) is 5.13. The molecule has 19 heavy (non-hydrogen) atoms. The van der Waals surface area contributed by atoms with Crippen molar-refractivity contribution in [3.05, 3.63) is 21.9 Å². The summed E-state index contributed by atoms with van der Waals surface area (Å²) >= 11 is 1.81. The number of likely N-dealkylation sites (N-methyl/N-ethyl adjacent to an activating group) is 1. The molecule has 0 fully saturated rings. The molecule has 1 aromatic rings. The minimum atomic E-state index is 0.254. The topological polar surface area (TPSA) is 35.6 Å². The van der Waals surface area contributed by atoms with E-state index in [4.69, 9.17) is 0 Å². The molecule has 1 amide bonds. The second-order valence-corrected chi connectivity index (χ2v) is 6.13. The van der Waals surface area contributed by atoms with Gasteiger partial charge in [-0.2, -0.15) is 0 Å². The summed E-state index contributed by atoms with van der Waals surface area (Å²) in [6.45, 7) is 4.16. The molecular weight excluding hydrogens is 258 g/mol. The van der Waals surface area contributed by atoms with Crippen molar-refractivity contribution in [3.8, 4) is 0 Å². The molecule has 1 aliphatic rings. The summed E-state index contributed by atoms with van der Waals surface area (Å²) in [7, 11) is 3.98. The highest BCUT2D eigenvalue weighted by atomic mass is 32.1. The SMILES string of the molecule is CNCCCN(C)CC(=O)N1CCc2sccc2C1. The van der Waals surface area contributed by atoms with Crippen molar-refractivity contribution < 1.29 is 4.79 Å². The molecule has 0 saturated heterocycles. The number of fused-ring (bicyclic) bond motifs is 1. The molecule has 2 heterocycles. The van der Waals surface area contributed by atoms with E-state index in [-0.39, 0.29) is 5.91 Å². The third kappa shape index (κ3) is 4.03. The van der Waals surface area contributed by atoms with Crippen molar-refractivity contribution in [1.82, 2.24) is 15.1 Å². The van der Waals surface area contributed by atoms with Crippen molar-refractivity contribution in [2.45, 2.75) is 19.4 Å². The van der Waals surface area contributed by atoms with Crippen LogP contribution in [0.5, 0.6) is 0 Å². The van der Waals surface area contributed by atoms with Crippen LogP contribution < -0.4 is 5.32 Å². The zero-order valence-corrected chi connectivity index (χ0v) is 12.6. The first kappa shape index (κ1) is 14.5. The third-order valence-corrected chi connectivity index (χ3v) is 4.56. The Morgan fingerprint density at radius 1 is 1.58 bits per heavy atom. The minimum absolute atomic E-state index is 0.254. The monoisotopic (exact) mass is 281 g/mol. The molecule has 0 spiro atoms. The van der Waals surface area contributed by atoms with Crippen LogP contribution in [0.3, 0.4) is 0 Å². The van der Waals surface area contributed by atoms with Gasteiger partial charge in [-0.05, 0) is 57.0 Å². The van der Waals surface area contributed by atoms with E-state index in [1.807, 2.05) is 30.3 Å². The lowest BCUT2D eigenvalue weighted by atomic mass is 10.1. The summed E-state index contributed by atoms with van der Waals surface area (Å²) in [5.41, 5.74) is 1.34. The van der Waals surface area contributed by atoms with Crippen LogP contribution >= 0.6 is 11.3 Å². The Kier molecular flexibility index (Phi) is 5.36. The maximum Gasteiger partial charge on any atom is 0.237 e. The van der Waals surface area contributed by atoms with Crippen LogP contribution in [0.4, 0.5) is 0 Å². The number of nitrogens with one attached hydrogen (secondary N) is 1. The number of hydrogen-bond acceptors (Lipinski definition) is 4. The zero-order chi connectivity index (χ0) is 13.7. The van der Waals surface area contributed by atoms with E-state index in [9.17, 15) is 4.79 Å². The third-order valence-electron chi connectivity index (χ3n) is 3.53. The summed E-state index contributed by atoms with van der Waals surface area (Å²) in [6.07, 6.45) is 2.09. The summed E-state index contributed by atoms with van der Waals surface area (Å²) in [5, 5.41) is 5.25. The summed E-state index contributed by atoms with van der Waals surface area (Å²) in [4.78, 5) is 17.8. The van der Waals surface area contributed by atoms with E-state index in [0.717, 1.165) is 39.0 Å². The molecule has 0 bridgehead atoms. The van der Waals surface area contributed by atoms with Crippen LogP contribution in [0, 0.1) is 0 Å². The molecule has 5 heteroatoms. The fourth-order valence-corrected chi connectivity index (χ4v) is 3.29. The Morgan fingerprint density at radius 2 is 2.42 bits per heavy atom. The number of carbonyl (C=O) groups excluding carboxylic acids is 1. The number of amides is 1. The van der Waals surface area contributed by atoms with E-state index in [1.165, 1.54) is 10.4 Å². The normalized spacial score (nSPS) is 14.8. The van der Waals surface area contributed by atoms with Crippen molar-refractivity contribution >= 4 is 17.2 Å². The standard InChI is InChI=1S/C14H23N3OS/c1-15-6-3-7-16(2)11-14(18)17-8-4-13-12(10-17)5-9-19-13/h5,9,15H,3-4,6-8,10-11H2,1-2H3. The summed E-state index contributed by atoms with van der Waals surface area (Å²) in [5.74, 6) is 0.254. The Hall–Kier alpha value is -0.910. The highest BCUT2D eigenvalue weighted by Gasteiger charge is 2.21. The van der Waals surface area contributed by atoms with Gasteiger partial charge >= 0.3 is 0 Å². The van der Waals surface area contributed by atoms with Gasteiger partial charge in [0.15, 0.2) is 0 Å². The van der Waals surface area contributed by atoms with Gasteiger partial charge in [0.25, 0.3) is 0 Å². The van der Waals surface area contributed by atoms with Crippen molar-refractivity contribution in [1.29, 1.82) is 0 Å². The number of carbonyl (C=O) groups is 1. The fourth-order valence-electron chi connectivity index (χ4n) is 2.40. The van der Waals surface area contributed by atoms with Gasteiger partial charge in [-0.15, -0.1) is 11.3 Å². The average Bonchev–Trinajstić information content (AvgIpc) is 2.86. The maximum atomic E-state index is 12.2. The maximum absolute atomic E-state index is 12.2. The van der Waals surface area contributed by atoms with Gasteiger partial charge in [0.1, 0.15) is 0 Å². The molecule has 106 valence electrons. The first-order chi connectivity index (χ1) is 9.20. The molecule has 0 saturated carbocycles. The van der Waals surface area contributed by atoms with E-state index in [2.05, 4.69) is 21.7 Å². The predicted octanol–water partition coefficient (Wildman–Crippen LogP) is 1.17. The van der Waals surface area contributed by atoms with Crippen LogP contribution in [0.25, 0.3) is 0 Å². The lowest BCUT2D eigenvalue weighted by Crippen LogP contribution is -2.41. The van der Waals surface area contributed by atoms with Gasteiger partial charge in [0, 0.05) is 18.0 Å². The van der Waals surface area contributed by atoms with Gasteiger partial charge in [0.05, 0.1) is 6.54 Å². The van der Waals surface area contributed by atoms with Crippen LogP contribution in [0.1, 0.15) is 16.9 Å². The van der Waals surface area contributed by atoms with Crippen LogP contribution in [0.2, 0.25) is 0 Å². The molecule has 1 aromatic heterocycles. The Labute approximate surface area is 119 Å². The smallest absolute Gasteiger partial charge is 0.237 e. The molecule has 0 unspecified atom stereocenters. The molecule has 1 N–H and O–H groups in total. The van der Waals surface area contributed by atoms with E-state index < -0.39 is 0 Å². The number of rotatable bonds is 6. The van der Waals surface area contributed by atoms with Gasteiger partial charge in [-0.1, -0.05) is 0 Å². The summed E-state index contributed by atoms with van der Waals surface area (Å²) < 4.78 is 0. The quantitative estimate of drug-likeness (QED) is 0.795. The Balaban J connectivity index is 1.78. The zero-order valence-electron chi connectivity index (χ0n) is 11.8. The lowest BCUT2D eigenvalue weighted by Gasteiger charge is -2.29. The molecule has 4 nitrogen and oxygen atoms in total. The van der Waals surface area contributed by atoms with Gasteiger partial charge in [-0.25, -0.2) is 0 Å². The average molecular weight is 281 g/mol. The summed E-state index contributed by atoms with van der Waals surface area (Å²) in [6, 6.07) is 2.15. The fraction of sp³-hybridized carbons (Fsp3) is 0.643. The van der Waals surface area contributed by atoms with Gasteiger partial charge in [0.2, 0.25) is 5.91 Å². The highest BCUT2D eigenvalue weighted by molar-refractivity contribution is 7.10. The van der Waals surface area contributed by atoms with E-state index in [0.29, 0.717) is 6.54 Å². The predicted molar refractivity (Wildman–Crippen MR) is 79.5 cm³/mol. The van der Waals surface area contributed by atoms with Crippen LogP contribution in [-0.4, -0.2) is 56.0 Å².